The average molecular weight is 313 g/mol. The number of furan rings is 1. The van der Waals surface area contributed by atoms with Crippen molar-refractivity contribution >= 4 is 17.5 Å². The van der Waals surface area contributed by atoms with E-state index in [1.807, 2.05) is 24.3 Å². The molecular weight excluding hydrogens is 294 g/mol. The van der Waals surface area contributed by atoms with Gasteiger partial charge in [0.15, 0.2) is 0 Å². The van der Waals surface area contributed by atoms with E-state index in [-0.39, 0.29) is 18.4 Å². The normalized spacial score (nSPS) is 14.3. The number of nitrogens with two attached hydrogens (primary N) is 1. The summed E-state index contributed by atoms with van der Waals surface area (Å²) >= 11 is 0. The van der Waals surface area contributed by atoms with Crippen LogP contribution in [0, 0.1) is 0 Å². The minimum absolute atomic E-state index is 0.168. The lowest BCUT2D eigenvalue weighted by molar-refractivity contribution is -0.117. The van der Waals surface area contributed by atoms with Gasteiger partial charge in [0.2, 0.25) is 5.91 Å². The molecule has 0 spiro atoms. The van der Waals surface area contributed by atoms with Crippen LogP contribution in [0.1, 0.15) is 34.5 Å². The largest absolute Gasteiger partial charge is 0.467 e. The van der Waals surface area contributed by atoms with Gasteiger partial charge in [0.05, 0.1) is 12.1 Å². The number of nitrogens with one attached hydrogen (secondary N) is 1. The molecule has 1 saturated heterocycles. The van der Waals surface area contributed by atoms with E-state index in [9.17, 15) is 9.59 Å². The number of hydrogen-bond acceptors (Lipinski definition) is 4. The SMILES string of the molecule is NCc1cc(C(=O)NCc2ccc(N3CCCC3=O)cc2)co1. The Bertz CT molecular complexity index is 706. The third kappa shape index (κ3) is 3.43. The third-order valence-corrected chi connectivity index (χ3v) is 3.89. The van der Waals surface area contributed by atoms with Gasteiger partial charge in [0, 0.05) is 25.2 Å². The minimum Gasteiger partial charge on any atom is -0.467 e. The van der Waals surface area contributed by atoms with E-state index in [1.165, 1.54) is 6.26 Å². The summed E-state index contributed by atoms with van der Waals surface area (Å²) in [5.74, 6) is 0.545. The summed E-state index contributed by atoms with van der Waals surface area (Å²) in [5, 5.41) is 2.83. The van der Waals surface area contributed by atoms with Crippen LogP contribution < -0.4 is 16.0 Å². The fourth-order valence-electron chi connectivity index (χ4n) is 2.61. The molecule has 0 bridgehead atoms. The Balaban J connectivity index is 1.58. The Kier molecular flexibility index (Phi) is 4.43. The molecule has 120 valence electrons. The van der Waals surface area contributed by atoms with Gasteiger partial charge in [-0.05, 0) is 30.2 Å². The molecule has 2 amide bonds. The summed E-state index contributed by atoms with van der Waals surface area (Å²) in [6.07, 6.45) is 2.93. The second kappa shape index (κ2) is 6.66. The maximum Gasteiger partial charge on any atom is 0.254 e. The highest BCUT2D eigenvalue weighted by molar-refractivity contribution is 5.95. The molecule has 0 radical (unpaired) electrons. The zero-order chi connectivity index (χ0) is 16.2. The molecule has 3 N–H and O–H groups in total. The number of nitrogens with zero attached hydrogens (tertiary/aromatic N) is 1. The first kappa shape index (κ1) is 15.3. The lowest BCUT2D eigenvalue weighted by Crippen LogP contribution is -2.24. The van der Waals surface area contributed by atoms with Crippen molar-refractivity contribution in [3.05, 3.63) is 53.5 Å². The number of anilines is 1. The van der Waals surface area contributed by atoms with Crippen molar-refractivity contribution in [1.82, 2.24) is 5.32 Å². The van der Waals surface area contributed by atoms with Gasteiger partial charge in [-0.25, -0.2) is 0 Å². The van der Waals surface area contributed by atoms with Crippen molar-refractivity contribution in [2.45, 2.75) is 25.9 Å². The molecule has 23 heavy (non-hydrogen) atoms. The van der Waals surface area contributed by atoms with Gasteiger partial charge in [-0.2, -0.15) is 0 Å². The average Bonchev–Trinajstić information content (AvgIpc) is 3.22. The van der Waals surface area contributed by atoms with E-state index in [1.54, 1.807) is 11.0 Å². The van der Waals surface area contributed by atoms with Gasteiger partial charge in [-0.1, -0.05) is 12.1 Å². The van der Waals surface area contributed by atoms with E-state index in [2.05, 4.69) is 5.32 Å². The molecule has 3 rings (SSSR count). The van der Waals surface area contributed by atoms with Crippen LogP contribution >= 0.6 is 0 Å². The van der Waals surface area contributed by atoms with Gasteiger partial charge in [-0.3, -0.25) is 9.59 Å². The Labute approximate surface area is 134 Å². The quantitative estimate of drug-likeness (QED) is 0.881. The molecule has 0 atom stereocenters. The summed E-state index contributed by atoms with van der Waals surface area (Å²) in [7, 11) is 0. The third-order valence-electron chi connectivity index (χ3n) is 3.89. The van der Waals surface area contributed by atoms with Gasteiger partial charge in [0.25, 0.3) is 5.91 Å². The maximum absolute atomic E-state index is 12.0. The lowest BCUT2D eigenvalue weighted by atomic mass is 10.2. The molecule has 0 saturated carbocycles. The van der Waals surface area contributed by atoms with E-state index in [4.69, 9.17) is 10.2 Å². The summed E-state index contributed by atoms with van der Waals surface area (Å²) in [5.41, 5.74) is 7.79. The first-order chi connectivity index (χ1) is 11.2. The van der Waals surface area contributed by atoms with Gasteiger partial charge in [0.1, 0.15) is 12.0 Å². The van der Waals surface area contributed by atoms with Crippen LogP contribution in [0.15, 0.2) is 41.0 Å². The topological polar surface area (TPSA) is 88.6 Å². The Hall–Kier alpha value is -2.60. The van der Waals surface area contributed by atoms with Crippen molar-refractivity contribution < 1.29 is 14.0 Å². The number of hydrogen-bond donors (Lipinski definition) is 2. The summed E-state index contributed by atoms with van der Waals surface area (Å²) in [6.45, 7) is 1.46. The second-order valence-corrected chi connectivity index (χ2v) is 5.50. The highest BCUT2D eigenvalue weighted by Crippen LogP contribution is 2.21. The van der Waals surface area contributed by atoms with E-state index < -0.39 is 0 Å². The molecule has 0 unspecified atom stereocenters. The molecule has 1 fully saturated rings. The van der Waals surface area contributed by atoms with E-state index in [0.29, 0.717) is 24.3 Å². The Morgan fingerprint density at radius 3 is 2.70 bits per heavy atom. The predicted octanol–water partition coefficient (Wildman–Crippen LogP) is 1.80. The van der Waals surface area contributed by atoms with Gasteiger partial charge < -0.3 is 20.4 Å². The molecule has 1 aromatic heterocycles. The van der Waals surface area contributed by atoms with Crippen LogP contribution in [0.4, 0.5) is 5.69 Å². The number of carbonyl (C=O) groups is 2. The number of rotatable bonds is 5. The van der Waals surface area contributed by atoms with Crippen molar-refractivity contribution in [1.29, 1.82) is 0 Å². The first-order valence-corrected chi connectivity index (χ1v) is 7.62. The fraction of sp³-hybridized carbons (Fsp3) is 0.294. The number of amides is 2. The smallest absolute Gasteiger partial charge is 0.254 e. The molecule has 1 aliphatic heterocycles. The molecule has 2 heterocycles. The van der Waals surface area contributed by atoms with Crippen LogP contribution in [0.3, 0.4) is 0 Å². The predicted molar refractivity (Wildman–Crippen MR) is 85.8 cm³/mol. The minimum atomic E-state index is -0.202. The van der Waals surface area contributed by atoms with Gasteiger partial charge >= 0.3 is 0 Å². The lowest BCUT2D eigenvalue weighted by Gasteiger charge is -2.16. The Morgan fingerprint density at radius 1 is 1.30 bits per heavy atom. The highest BCUT2D eigenvalue weighted by atomic mass is 16.3. The van der Waals surface area contributed by atoms with Gasteiger partial charge in [-0.15, -0.1) is 0 Å². The standard InChI is InChI=1S/C17H19N3O3/c18-9-15-8-13(11-23-15)17(22)19-10-12-3-5-14(6-4-12)20-7-1-2-16(20)21/h3-6,8,11H,1-2,7,9-10,18H2,(H,19,22). The van der Waals surface area contributed by atoms with E-state index >= 15 is 0 Å². The van der Waals surface area contributed by atoms with Crippen LogP contribution in [0.5, 0.6) is 0 Å². The zero-order valence-electron chi connectivity index (χ0n) is 12.7. The van der Waals surface area contributed by atoms with Crippen LogP contribution in [0.2, 0.25) is 0 Å². The Morgan fingerprint density at radius 2 is 2.09 bits per heavy atom. The summed E-state index contributed by atoms with van der Waals surface area (Å²) < 4.78 is 5.15. The van der Waals surface area contributed by atoms with Crippen LogP contribution in [0.25, 0.3) is 0 Å². The van der Waals surface area contributed by atoms with Crippen molar-refractivity contribution in [2.75, 3.05) is 11.4 Å². The maximum atomic E-state index is 12.0. The highest BCUT2D eigenvalue weighted by Gasteiger charge is 2.21. The van der Waals surface area contributed by atoms with Crippen LogP contribution in [-0.4, -0.2) is 18.4 Å². The molecule has 6 heteroatoms. The number of carbonyl (C=O) groups excluding carboxylic acids is 2. The molecule has 2 aromatic rings. The monoisotopic (exact) mass is 313 g/mol. The molecule has 0 aliphatic carbocycles. The van der Waals surface area contributed by atoms with Crippen molar-refractivity contribution in [3.63, 3.8) is 0 Å². The molecular formula is C17H19N3O3. The zero-order valence-corrected chi connectivity index (χ0v) is 12.7. The summed E-state index contributed by atoms with van der Waals surface area (Å²) in [4.78, 5) is 25.5. The second-order valence-electron chi connectivity index (χ2n) is 5.50. The first-order valence-electron chi connectivity index (χ1n) is 7.62. The van der Waals surface area contributed by atoms with E-state index in [0.717, 1.165) is 24.2 Å². The molecule has 6 nitrogen and oxygen atoms in total. The van der Waals surface area contributed by atoms with Crippen LogP contribution in [-0.2, 0) is 17.9 Å². The van der Waals surface area contributed by atoms with Crippen molar-refractivity contribution in [2.24, 2.45) is 5.73 Å². The molecule has 1 aromatic carbocycles. The number of benzene rings is 1. The fourth-order valence-corrected chi connectivity index (χ4v) is 2.61. The van der Waals surface area contributed by atoms with Crippen molar-refractivity contribution in [3.8, 4) is 0 Å². The summed E-state index contributed by atoms with van der Waals surface area (Å²) in [6, 6.07) is 9.30. The molecule has 1 aliphatic rings.